The molecule has 0 radical (unpaired) electrons. The maximum Gasteiger partial charge on any atom is 0.277 e. The molecule has 1 N–H and O–H groups in total. The van der Waals surface area contributed by atoms with Crippen molar-refractivity contribution < 1.29 is 14.3 Å². The van der Waals surface area contributed by atoms with E-state index in [2.05, 4.69) is 10.5 Å². The van der Waals surface area contributed by atoms with Gasteiger partial charge in [0.05, 0.1) is 6.21 Å². The van der Waals surface area contributed by atoms with Gasteiger partial charge in [-0.2, -0.15) is 5.10 Å². The van der Waals surface area contributed by atoms with E-state index >= 15 is 0 Å². The first-order chi connectivity index (χ1) is 13.7. The molecule has 0 aromatic heterocycles. The average molecular weight is 374 g/mol. The number of ether oxygens (including phenoxy) is 2. The second-order valence-corrected chi connectivity index (χ2v) is 6.24. The third-order valence-electron chi connectivity index (χ3n) is 3.89. The van der Waals surface area contributed by atoms with Gasteiger partial charge in [0.25, 0.3) is 5.91 Å². The molecule has 1 amide bonds. The van der Waals surface area contributed by atoms with E-state index in [0.29, 0.717) is 12.4 Å². The number of nitrogens with one attached hydrogen (secondary N) is 1. The summed E-state index contributed by atoms with van der Waals surface area (Å²) in [4.78, 5) is 11.8. The number of carbonyl (C=O) groups is 1. The molecular formula is C23H22N2O3. The number of hydrogen-bond donors (Lipinski definition) is 1. The van der Waals surface area contributed by atoms with Crippen molar-refractivity contribution >= 4 is 12.1 Å². The molecule has 0 saturated heterocycles. The highest BCUT2D eigenvalue weighted by Crippen LogP contribution is 2.14. The maximum absolute atomic E-state index is 11.8. The lowest BCUT2D eigenvalue weighted by Gasteiger charge is -2.06. The van der Waals surface area contributed by atoms with Gasteiger partial charge in [0.15, 0.2) is 6.61 Å². The Morgan fingerprint density at radius 2 is 1.71 bits per heavy atom. The van der Waals surface area contributed by atoms with Crippen molar-refractivity contribution in [2.24, 2.45) is 5.10 Å². The van der Waals surface area contributed by atoms with E-state index in [1.807, 2.05) is 85.8 Å². The number of benzene rings is 3. The largest absolute Gasteiger partial charge is 0.489 e. The van der Waals surface area contributed by atoms with Gasteiger partial charge in [-0.25, -0.2) is 5.43 Å². The summed E-state index contributed by atoms with van der Waals surface area (Å²) in [5.74, 6) is 1.11. The monoisotopic (exact) mass is 374 g/mol. The summed E-state index contributed by atoms with van der Waals surface area (Å²) >= 11 is 0. The molecule has 142 valence electrons. The van der Waals surface area contributed by atoms with E-state index < -0.39 is 0 Å². The highest BCUT2D eigenvalue weighted by molar-refractivity contribution is 5.83. The molecule has 0 heterocycles. The molecule has 5 nitrogen and oxygen atoms in total. The Hall–Kier alpha value is -3.60. The second kappa shape index (κ2) is 9.92. The fraction of sp³-hybridized carbons (Fsp3) is 0.130. The molecular weight excluding hydrogens is 352 g/mol. The van der Waals surface area contributed by atoms with Gasteiger partial charge in [-0.05, 0) is 60.0 Å². The van der Waals surface area contributed by atoms with E-state index in [-0.39, 0.29) is 12.5 Å². The highest BCUT2D eigenvalue weighted by Gasteiger charge is 2.01. The Bertz CT molecular complexity index is 922. The predicted molar refractivity (Wildman–Crippen MR) is 110 cm³/mol. The van der Waals surface area contributed by atoms with Gasteiger partial charge in [-0.3, -0.25) is 4.79 Å². The van der Waals surface area contributed by atoms with Crippen molar-refractivity contribution in [1.82, 2.24) is 5.43 Å². The summed E-state index contributed by atoms with van der Waals surface area (Å²) in [6.45, 7) is 2.40. The van der Waals surface area contributed by atoms with Crippen molar-refractivity contribution in [3.05, 3.63) is 95.6 Å². The molecule has 0 aliphatic carbocycles. The van der Waals surface area contributed by atoms with Crippen molar-refractivity contribution in [3.63, 3.8) is 0 Å². The van der Waals surface area contributed by atoms with Crippen LogP contribution in [0.3, 0.4) is 0 Å². The fourth-order valence-corrected chi connectivity index (χ4v) is 2.46. The van der Waals surface area contributed by atoms with Crippen LogP contribution in [0.15, 0.2) is 84.0 Å². The Morgan fingerprint density at radius 3 is 2.46 bits per heavy atom. The van der Waals surface area contributed by atoms with Crippen LogP contribution in [-0.2, 0) is 11.4 Å². The van der Waals surface area contributed by atoms with Gasteiger partial charge in [0, 0.05) is 0 Å². The minimum absolute atomic E-state index is 0.0902. The first-order valence-corrected chi connectivity index (χ1v) is 8.97. The molecule has 28 heavy (non-hydrogen) atoms. The molecule has 0 aliphatic heterocycles. The van der Waals surface area contributed by atoms with Crippen molar-refractivity contribution in [3.8, 4) is 11.5 Å². The zero-order chi connectivity index (χ0) is 19.6. The number of rotatable bonds is 8. The Labute approximate surface area is 164 Å². The summed E-state index contributed by atoms with van der Waals surface area (Å²) in [7, 11) is 0. The molecule has 0 fully saturated rings. The van der Waals surface area contributed by atoms with Crippen LogP contribution in [0.2, 0.25) is 0 Å². The summed E-state index contributed by atoms with van der Waals surface area (Å²) in [5, 5.41) is 3.95. The topological polar surface area (TPSA) is 59.9 Å². The number of hydrazone groups is 1. The van der Waals surface area contributed by atoms with Crippen LogP contribution >= 0.6 is 0 Å². The van der Waals surface area contributed by atoms with Crippen LogP contribution in [0.25, 0.3) is 0 Å². The molecule has 3 aromatic carbocycles. The number of aryl methyl sites for hydroxylation is 1. The van der Waals surface area contributed by atoms with Crippen LogP contribution < -0.4 is 14.9 Å². The zero-order valence-electron chi connectivity index (χ0n) is 15.7. The van der Waals surface area contributed by atoms with E-state index in [4.69, 9.17) is 9.47 Å². The standard InChI is InChI=1S/C23H22N2O3/c1-18-6-5-9-22(14-18)28-17-23(26)25-24-15-19-10-12-21(13-11-19)27-16-20-7-3-2-4-8-20/h2-15H,16-17H2,1H3,(H,25,26). The molecule has 0 aliphatic rings. The van der Waals surface area contributed by atoms with Crippen molar-refractivity contribution in [1.29, 1.82) is 0 Å². The predicted octanol–water partition coefficient (Wildman–Crippen LogP) is 4.10. The molecule has 0 spiro atoms. The minimum Gasteiger partial charge on any atom is -0.489 e. The Kier molecular flexibility index (Phi) is 6.79. The molecule has 3 rings (SSSR count). The van der Waals surface area contributed by atoms with Crippen LogP contribution in [-0.4, -0.2) is 18.7 Å². The van der Waals surface area contributed by atoms with Gasteiger partial charge in [0.1, 0.15) is 18.1 Å². The molecule has 0 unspecified atom stereocenters. The molecule has 0 atom stereocenters. The lowest BCUT2D eigenvalue weighted by Crippen LogP contribution is -2.24. The van der Waals surface area contributed by atoms with Crippen LogP contribution in [0.1, 0.15) is 16.7 Å². The number of nitrogens with zero attached hydrogens (tertiary/aromatic N) is 1. The van der Waals surface area contributed by atoms with Crippen LogP contribution in [0.5, 0.6) is 11.5 Å². The summed E-state index contributed by atoms with van der Waals surface area (Å²) in [6, 6.07) is 25.0. The summed E-state index contributed by atoms with van der Waals surface area (Å²) < 4.78 is 11.2. The first kappa shape index (κ1) is 19.2. The number of amides is 1. The van der Waals surface area contributed by atoms with Crippen molar-refractivity contribution in [2.45, 2.75) is 13.5 Å². The van der Waals surface area contributed by atoms with Gasteiger partial charge < -0.3 is 9.47 Å². The van der Waals surface area contributed by atoms with Crippen molar-refractivity contribution in [2.75, 3.05) is 6.61 Å². The van der Waals surface area contributed by atoms with Gasteiger partial charge in [-0.15, -0.1) is 0 Å². The number of hydrogen-bond acceptors (Lipinski definition) is 4. The number of carbonyl (C=O) groups excluding carboxylic acids is 1. The second-order valence-electron chi connectivity index (χ2n) is 6.24. The summed E-state index contributed by atoms with van der Waals surface area (Å²) in [6.07, 6.45) is 1.57. The van der Waals surface area contributed by atoms with E-state index in [9.17, 15) is 4.79 Å². The SMILES string of the molecule is Cc1cccc(OCC(=O)NN=Cc2ccc(OCc3ccccc3)cc2)c1. The first-order valence-electron chi connectivity index (χ1n) is 8.97. The normalized spacial score (nSPS) is 10.6. The maximum atomic E-state index is 11.8. The Balaban J connectivity index is 1.42. The minimum atomic E-state index is -0.319. The van der Waals surface area contributed by atoms with E-state index in [1.54, 1.807) is 6.21 Å². The lowest BCUT2D eigenvalue weighted by atomic mass is 10.2. The van der Waals surface area contributed by atoms with Gasteiger partial charge in [-0.1, -0.05) is 42.5 Å². The smallest absolute Gasteiger partial charge is 0.277 e. The molecule has 0 bridgehead atoms. The Morgan fingerprint density at radius 1 is 0.929 bits per heavy atom. The third kappa shape index (κ3) is 6.29. The van der Waals surface area contributed by atoms with Gasteiger partial charge >= 0.3 is 0 Å². The lowest BCUT2D eigenvalue weighted by molar-refractivity contribution is -0.123. The van der Waals surface area contributed by atoms with Crippen LogP contribution in [0, 0.1) is 6.92 Å². The van der Waals surface area contributed by atoms with E-state index in [1.165, 1.54) is 0 Å². The molecule has 5 heteroatoms. The van der Waals surface area contributed by atoms with Crippen LogP contribution in [0.4, 0.5) is 0 Å². The highest BCUT2D eigenvalue weighted by atomic mass is 16.5. The summed E-state index contributed by atoms with van der Waals surface area (Å²) in [5.41, 5.74) is 5.50. The van der Waals surface area contributed by atoms with Gasteiger partial charge in [0.2, 0.25) is 0 Å². The average Bonchev–Trinajstić information content (AvgIpc) is 2.72. The molecule has 0 saturated carbocycles. The molecule has 3 aromatic rings. The fourth-order valence-electron chi connectivity index (χ4n) is 2.46. The quantitative estimate of drug-likeness (QED) is 0.477. The third-order valence-corrected chi connectivity index (χ3v) is 3.89. The van der Waals surface area contributed by atoms with E-state index in [0.717, 1.165) is 22.4 Å². The zero-order valence-corrected chi connectivity index (χ0v) is 15.7.